The molecule has 1 heterocycles. The maximum Gasteiger partial charge on any atom is 0.404 e. The number of carboxylic acid groups (broad SMARTS) is 1. The molecule has 0 spiro atoms. The van der Waals surface area contributed by atoms with Gasteiger partial charge in [0.2, 0.25) is 0 Å². The van der Waals surface area contributed by atoms with E-state index in [9.17, 15) is 15.0 Å². The molecule has 1 amide bonds. The van der Waals surface area contributed by atoms with Crippen molar-refractivity contribution in [3.63, 3.8) is 0 Å². The van der Waals surface area contributed by atoms with E-state index in [1.807, 2.05) is 72.8 Å². The average molecular weight is 462 g/mol. The van der Waals surface area contributed by atoms with Crippen molar-refractivity contribution in [3.05, 3.63) is 90.1 Å². The summed E-state index contributed by atoms with van der Waals surface area (Å²) in [6.45, 7) is 6.31. The van der Waals surface area contributed by atoms with Gasteiger partial charge in [0, 0.05) is 29.8 Å². The number of rotatable bonds is 9. The van der Waals surface area contributed by atoms with Gasteiger partial charge in [-0.3, -0.25) is 4.98 Å². The number of hydrogen-bond acceptors (Lipinski definition) is 4. The molecular formula is C28H35N3O3. The topological polar surface area (TPSA) is 108 Å². The molecular weight excluding hydrogens is 426 g/mol. The molecule has 0 saturated heterocycles. The molecule has 0 saturated carbocycles. The van der Waals surface area contributed by atoms with Crippen molar-refractivity contribution in [1.29, 1.82) is 0 Å². The molecule has 4 atom stereocenters. The number of nitrogens with one attached hydrogen (secondary N) is 1. The molecule has 0 aliphatic carbocycles. The second-order valence-electron chi connectivity index (χ2n) is 9.90. The normalized spacial score (nSPS) is 15.2. The summed E-state index contributed by atoms with van der Waals surface area (Å²) in [5.41, 5.74) is 10.3. The molecule has 6 heteroatoms. The predicted octanol–water partition coefficient (Wildman–Crippen LogP) is 4.84. The highest BCUT2D eigenvalue weighted by molar-refractivity contribution is 5.65. The van der Waals surface area contributed by atoms with Crippen LogP contribution in [0.4, 0.5) is 4.79 Å². The van der Waals surface area contributed by atoms with Crippen LogP contribution in [0.25, 0.3) is 11.3 Å². The van der Waals surface area contributed by atoms with Crippen LogP contribution in [0.5, 0.6) is 0 Å². The number of nitrogens with two attached hydrogens (primary N) is 1. The first-order valence-electron chi connectivity index (χ1n) is 11.6. The molecule has 180 valence electrons. The summed E-state index contributed by atoms with van der Waals surface area (Å²) in [6, 6.07) is 22.6. The number of benzene rings is 2. The number of nitrogens with zero attached hydrogens (tertiary/aromatic N) is 1. The number of aliphatic hydroxyl groups is 1. The Morgan fingerprint density at radius 3 is 2.21 bits per heavy atom. The van der Waals surface area contributed by atoms with Crippen molar-refractivity contribution in [2.75, 3.05) is 0 Å². The predicted molar refractivity (Wildman–Crippen MR) is 136 cm³/mol. The zero-order valence-corrected chi connectivity index (χ0v) is 20.1. The van der Waals surface area contributed by atoms with E-state index in [-0.39, 0.29) is 17.8 Å². The maximum atomic E-state index is 11.5. The number of aromatic nitrogens is 1. The first kappa shape index (κ1) is 25.4. The Morgan fingerprint density at radius 1 is 1.00 bits per heavy atom. The summed E-state index contributed by atoms with van der Waals surface area (Å²) < 4.78 is 0. The van der Waals surface area contributed by atoms with Crippen LogP contribution >= 0.6 is 0 Å². The Morgan fingerprint density at radius 2 is 1.65 bits per heavy atom. The molecule has 0 fully saturated rings. The lowest BCUT2D eigenvalue weighted by atomic mass is 9.70. The molecule has 0 aliphatic heterocycles. The second-order valence-corrected chi connectivity index (χ2v) is 9.90. The van der Waals surface area contributed by atoms with Crippen LogP contribution in [0.15, 0.2) is 79.0 Å². The molecule has 6 nitrogen and oxygen atoms in total. The van der Waals surface area contributed by atoms with E-state index in [0.717, 1.165) is 22.4 Å². The Bertz CT molecular complexity index is 1030. The summed E-state index contributed by atoms with van der Waals surface area (Å²) in [4.78, 5) is 15.8. The van der Waals surface area contributed by atoms with E-state index >= 15 is 0 Å². The van der Waals surface area contributed by atoms with Gasteiger partial charge in [-0.25, -0.2) is 4.79 Å². The maximum absolute atomic E-state index is 11.5. The van der Waals surface area contributed by atoms with E-state index in [0.29, 0.717) is 6.42 Å². The molecule has 2 aromatic carbocycles. The van der Waals surface area contributed by atoms with Gasteiger partial charge in [0.15, 0.2) is 0 Å². The molecule has 1 aromatic heterocycles. The first-order valence-corrected chi connectivity index (χ1v) is 11.6. The van der Waals surface area contributed by atoms with E-state index < -0.39 is 24.3 Å². The van der Waals surface area contributed by atoms with Crippen molar-refractivity contribution in [2.45, 2.75) is 57.7 Å². The Kier molecular flexibility index (Phi) is 8.42. The number of aliphatic hydroxyl groups excluding tert-OH is 1. The third-order valence-electron chi connectivity index (χ3n) is 6.17. The van der Waals surface area contributed by atoms with E-state index in [1.54, 1.807) is 6.20 Å². The largest absolute Gasteiger partial charge is 0.465 e. The molecule has 3 rings (SSSR count). The van der Waals surface area contributed by atoms with Crippen molar-refractivity contribution in [1.82, 2.24) is 10.3 Å². The number of amides is 1. The monoisotopic (exact) mass is 461 g/mol. The van der Waals surface area contributed by atoms with Gasteiger partial charge in [-0.1, -0.05) is 81.4 Å². The Labute approximate surface area is 201 Å². The minimum atomic E-state index is -1.12. The van der Waals surface area contributed by atoms with Gasteiger partial charge >= 0.3 is 6.09 Å². The highest BCUT2D eigenvalue weighted by Gasteiger charge is 2.36. The number of carbonyl (C=O) groups is 1. The highest BCUT2D eigenvalue weighted by atomic mass is 16.4. The molecule has 34 heavy (non-hydrogen) atoms. The van der Waals surface area contributed by atoms with Crippen LogP contribution in [0.1, 0.15) is 44.2 Å². The van der Waals surface area contributed by atoms with Crippen molar-refractivity contribution in [2.24, 2.45) is 11.1 Å². The highest BCUT2D eigenvalue weighted by Crippen LogP contribution is 2.38. The standard InChI is InChI=1S/C28H35N3O3/c1-28(2,3)25(21-9-5-4-6-10-21)26(29)24(32)18-22(31-27(33)34)17-19-12-14-20(15-13-19)23-11-7-8-16-30-23/h4-16,22,24-26,31-32H,17-18,29H2,1-3H3,(H,33,34)/t22-,24-,25?,26+/m0/s1. The SMILES string of the molecule is CC(C)(C)C(c1ccccc1)[C@H](N)[C@@H](O)C[C@H](Cc1ccc(-c2ccccn2)cc1)NC(=O)O. The van der Waals surface area contributed by atoms with E-state index in [1.165, 1.54) is 0 Å². The summed E-state index contributed by atoms with van der Waals surface area (Å²) >= 11 is 0. The van der Waals surface area contributed by atoms with E-state index in [2.05, 4.69) is 31.1 Å². The second kappa shape index (κ2) is 11.3. The fourth-order valence-electron chi connectivity index (χ4n) is 4.63. The lowest BCUT2D eigenvalue weighted by molar-refractivity contribution is 0.0874. The summed E-state index contributed by atoms with van der Waals surface area (Å²) in [7, 11) is 0. The summed E-state index contributed by atoms with van der Waals surface area (Å²) in [5.74, 6) is -0.0909. The molecule has 1 unspecified atom stereocenters. The first-order chi connectivity index (χ1) is 16.1. The van der Waals surface area contributed by atoms with E-state index in [4.69, 9.17) is 5.73 Å². The number of hydrogen-bond donors (Lipinski definition) is 4. The third-order valence-corrected chi connectivity index (χ3v) is 6.17. The molecule has 3 aromatic rings. The molecule has 0 bridgehead atoms. The smallest absolute Gasteiger partial charge is 0.404 e. The summed E-state index contributed by atoms with van der Waals surface area (Å²) in [6.07, 6.45) is 0.417. The van der Waals surface area contributed by atoms with Crippen LogP contribution < -0.4 is 11.1 Å². The van der Waals surface area contributed by atoms with Gasteiger partial charge < -0.3 is 21.3 Å². The quantitative estimate of drug-likeness (QED) is 0.365. The van der Waals surface area contributed by atoms with Crippen LogP contribution in [0, 0.1) is 5.41 Å². The van der Waals surface area contributed by atoms with Crippen molar-refractivity contribution in [3.8, 4) is 11.3 Å². The minimum Gasteiger partial charge on any atom is -0.465 e. The van der Waals surface area contributed by atoms with Gasteiger partial charge in [-0.05, 0) is 41.5 Å². The Hall–Kier alpha value is -3.22. The fraction of sp³-hybridized carbons (Fsp3) is 0.357. The minimum absolute atomic E-state index is 0.0909. The van der Waals surface area contributed by atoms with Crippen LogP contribution in [0.3, 0.4) is 0 Å². The zero-order valence-electron chi connectivity index (χ0n) is 20.1. The lowest BCUT2D eigenvalue weighted by Gasteiger charge is -2.38. The van der Waals surface area contributed by atoms with Gasteiger partial charge in [-0.15, -0.1) is 0 Å². The van der Waals surface area contributed by atoms with Crippen molar-refractivity contribution < 1.29 is 15.0 Å². The fourth-order valence-corrected chi connectivity index (χ4v) is 4.63. The van der Waals surface area contributed by atoms with Gasteiger partial charge in [0.1, 0.15) is 0 Å². The van der Waals surface area contributed by atoms with Crippen LogP contribution in [0.2, 0.25) is 0 Å². The summed E-state index contributed by atoms with van der Waals surface area (Å²) in [5, 5.41) is 23.1. The Balaban J connectivity index is 1.74. The van der Waals surface area contributed by atoms with Crippen LogP contribution in [-0.2, 0) is 6.42 Å². The lowest BCUT2D eigenvalue weighted by Crippen LogP contribution is -2.48. The van der Waals surface area contributed by atoms with Crippen molar-refractivity contribution >= 4 is 6.09 Å². The molecule has 5 N–H and O–H groups in total. The average Bonchev–Trinajstić information content (AvgIpc) is 2.79. The zero-order chi connectivity index (χ0) is 24.7. The molecule has 0 aliphatic rings. The van der Waals surface area contributed by atoms with Crippen LogP contribution in [-0.4, -0.2) is 39.5 Å². The number of pyridine rings is 1. The third kappa shape index (κ3) is 6.89. The van der Waals surface area contributed by atoms with Gasteiger partial charge in [0.05, 0.1) is 11.8 Å². The molecule has 0 radical (unpaired) electrons. The van der Waals surface area contributed by atoms with Gasteiger partial charge in [-0.2, -0.15) is 0 Å². The van der Waals surface area contributed by atoms with Gasteiger partial charge in [0.25, 0.3) is 0 Å².